The summed E-state index contributed by atoms with van der Waals surface area (Å²) in [7, 11) is 0. The number of hydrogen-bond donors (Lipinski definition) is 0. The summed E-state index contributed by atoms with van der Waals surface area (Å²) in [6.45, 7) is 1.95. The third kappa shape index (κ3) is 5.27. The lowest BCUT2D eigenvalue weighted by molar-refractivity contribution is 0.267. The van der Waals surface area contributed by atoms with E-state index in [9.17, 15) is 9.59 Å². The fraction of sp³-hybridized carbons (Fsp3) is 0.600. The molecule has 1 amide bonds. The Morgan fingerprint density at radius 3 is 2.89 bits per heavy atom. The molecule has 50 valence electrons. The van der Waals surface area contributed by atoms with Crippen molar-refractivity contribution in [3.8, 4) is 0 Å². The van der Waals surface area contributed by atoms with E-state index in [0.717, 1.165) is 18.2 Å². The van der Waals surface area contributed by atoms with Crippen molar-refractivity contribution in [1.29, 1.82) is 0 Å². The molecule has 4 heteroatoms. The van der Waals surface area contributed by atoms with Gasteiger partial charge in [0.25, 0.3) is 0 Å². The van der Waals surface area contributed by atoms with E-state index in [4.69, 9.17) is 0 Å². The van der Waals surface area contributed by atoms with Gasteiger partial charge in [0.05, 0.1) is 0 Å². The first kappa shape index (κ1) is 8.40. The van der Waals surface area contributed by atoms with Crippen molar-refractivity contribution >= 4 is 23.1 Å². The number of isocyanates is 1. The smallest absolute Gasteiger partial charge is 0.259 e. The monoisotopic (exact) mass is 145 g/mol. The molecule has 0 radical (unpaired) electrons. The van der Waals surface area contributed by atoms with Gasteiger partial charge in [-0.25, -0.2) is 4.79 Å². The summed E-state index contributed by atoms with van der Waals surface area (Å²) in [5.74, 6) is 0.712. The standard InChI is InChI=1S/C5H7NO2S/c1-2-3-9-5(8)6-4-7/h2-3H2,1H3. The predicted molar refractivity (Wildman–Crippen MR) is 36.3 cm³/mol. The highest BCUT2D eigenvalue weighted by atomic mass is 32.2. The molecule has 0 aromatic carbocycles. The largest absolute Gasteiger partial charge is 0.315 e. The molecule has 0 unspecified atom stereocenters. The molecule has 0 aliphatic carbocycles. The Morgan fingerprint density at radius 1 is 1.78 bits per heavy atom. The van der Waals surface area contributed by atoms with E-state index in [1.165, 1.54) is 6.08 Å². The lowest BCUT2D eigenvalue weighted by Gasteiger charge is -1.86. The highest BCUT2D eigenvalue weighted by Crippen LogP contribution is 2.04. The van der Waals surface area contributed by atoms with Crippen LogP contribution in [0.4, 0.5) is 4.79 Å². The topological polar surface area (TPSA) is 46.5 Å². The molecule has 0 heterocycles. The number of hydrogen-bond acceptors (Lipinski definition) is 3. The van der Waals surface area contributed by atoms with Crippen LogP contribution < -0.4 is 0 Å². The Hall–Kier alpha value is -0.600. The Kier molecular flexibility index (Phi) is 5.17. The van der Waals surface area contributed by atoms with Crippen LogP contribution in [0.2, 0.25) is 0 Å². The summed E-state index contributed by atoms with van der Waals surface area (Å²) < 4.78 is 0. The molecule has 3 nitrogen and oxygen atoms in total. The first-order valence-electron chi connectivity index (χ1n) is 2.56. The van der Waals surface area contributed by atoms with E-state index in [2.05, 4.69) is 4.99 Å². The molecule has 0 rings (SSSR count). The second kappa shape index (κ2) is 5.54. The van der Waals surface area contributed by atoms with Crippen LogP contribution in [0, 0.1) is 0 Å². The third-order valence-electron chi connectivity index (χ3n) is 0.567. The number of amides is 1. The van der Waals surface area contributed by atoms with Crippen LogP contribution in [0.15, 0.2) is 4.99 Å². The molecule has 0 spiro atoms. The van der Waals surface area contributed by atoms with Gasteiger partial charge in [-0.1, -0.05) is 18.7 Å². The Labute approximate surface area is 57.5 Å². The zero-order valence-electron chi connectivity index (χ0n) is 5.09. The first-order chi connectivity index (χ1) is 4.31. The van der Waals surface area contributed by atoms with Crippen LogP contribution in [-0.4, -0.2) is 17.1 Å². The van der Waals surface area contributed by atoms with E-state index in [1.54, 1.807) is 0 Å². The number of carbonyl (C=O) groups excluding carboxylic acids is 2. The van der Waals surface area contributed by atoms with Gasteiger partial charge in [-0.2, -0.15) is 0 Å². The summed E-state index contributed by atoms with van der Waals surface area (Å²) in [5, 5.41) is -0.452. The van der Waals surface area contributed by atoms with Gasteiger partial charge < -0.3 is 0 Å². The maximum Gasteiger partial charge on any atom is 0.315 e. The van der Waals surface area contributed by atoms with E-state index in [-0.39, 0.29) is 0 Å². The van der Waals surface area contributed by atoms with Crippen molar-refractivity contribution in [2.75, 3.05) is 5.75 Å². The number of nitrogens with zero attached hydrogens (tertiary/aromatic N) is 1. The van der Waals surface area contributed by atoms with Crippen LogP contribution in [0.3, 0.4) is 0 Å². The summed E-state index contributed by atoms with van der Waals surface area (Å²) in [4.78, 5) is 22.7. The maximum absolute atomic E-state index is 10.3. The molecule has 0 N–H and O–H groups in total. The summed E-state index contributed by atoms with van der Waals surface area (Å²) >= 11 is 1.03. The highest BCUT2D eigenvalue weighted by molar-refractivity contribution is 8.13. The van der Waals surface area contributed by atoms with Crippen molar-refractivity contribution in [2.24, 2.45) is 4.99 Å². The minimum absolute atomic E-state index is 0.452. The third-order valence-corrected chi connectivity index (χ3v) is 1.52. The fourth-order valence-electron chi connectivity index (χ4n) is 0.259. The highest BCUT2D eigenvalue weighted by Gasteiger charge is 1.95. The van der Waals surface area contributed by atoms with Gasteiger partial charge in [-0.05, 0) is 6.42 Å². The van der Waals surface area contributed by atoms with Gasteiger partial charge in [0.15, 0.2) is 0 Å². The first-order valence-corrected chi connectivity index (χ1v) is 3.54. The number of thioether (sulfide) groups is 1. The average molecular weight is 145 g/mol. The molecule has 0 bridgehead atoms. The van der Waals surface area contributed by atoms with Crippen LogP contribution in [0.25, 0.3) is 0 Å². The van der Waals surface area contributed by atoms with Crippen LogP contribution in [-0.2, 0) is 4.79 Å². The summed E-state index contributed by atoms with van der Waals surface area (Å²) in [5.41, 5.74) is 0. The van der Waals surface area contributed by atoms with Crippen molar-refractivity contribution in [3.63, 3.8) is 0 Å². The van der Waals surface area contributed by atoms with Crippen molar-refractivity contribution in [1.82, 2.24) is 0 Å². The molecule has 0 fully saturated rings. The molecule has 0 saturated carbocycles. The van der Waals surface area contributed by atoms with Gasteiger partial charge in [0.2, 0.25) is 6.08 Å². The quantitative estimate of drug-likeness (QED) is 0.438. The van der Waals surface area contributed by atoms with E-state index in [1.807, 2.05) is 6.92 Å². The minimum Gasteiger partial charge on any atom is -0.259 e. The molecule has 0 aliphatic rings. The SMILES string of the molecule is CCCSC(=O)N=C=O. The molecule has 0 saturated heterocycles. The van der Waals surface area contributed by atoms with Gasteiger partial charge in [0, 0.05) is 5.75 Å². The molecular weight excluding hydrogens is 138 g/mol. The Balaban J connectivity index is 3.39. The van der Waals surface area contributed by atoms with E-state index < -0.39 is 5.24 Å². The van der Waals surface area contributed by atoms with Crippen LogP contribution in [0.1, 0.15) is 13.3 Å². The summed E-state index contributed by atoms with van der Waals surface area (Å²) in [6.07, 6.45) is 2.09. The number of aliphatic imine (C=N–C) groups is 1. The molecule has 0 aromatic heterocycles. The summed E-state index contributed by atoms with van der Waals surface area (Å²) in [6, 6.07) is 0. The number of carbonyl (C=O) groups is 1. The van der Waals surface area contributed by atoms with Crippen molar-refractivity contribution in [3.05, 3.63) is 0 Å². The fourth-order valence-corrected chi connectivity index (χ4v) is 0.739. The molecular formula is C5H7NO2S. The van der Waals surface area contributed by atoms with Crippen LogP contribution >= 0.6 is 11.8 Å². The maximum atomic E-state index is 10.3. The second-order valence-corrected chi connectivity index (χ2v) is 2.36. The van der Waals surface area contributed by atoms with E-state index >= 15 is 0 Å². The lowest BCUT2D eigenvalue weighted by atomic mass is 10.6. The van der Waals surface area contributed by atoms with E-state index in [0.29, 0.717) is 5.75 Å². The molecule has 0 atom stereocenters. The normalized spacial score (nSPS) is 8.11. The van der Waals surface area contributed by atoms with Crippen LogP contribution in [0.5, 0.6) is 0 Å². The zero-order chi connectivity index (χ0) is 7.11. The Morgan fingerprint density at radius 2 is 2.44 bits per heavy atom. The van der Waals surface area contributed by atoms with Crippen molar-refractivity contribution < 1.29 is 9.59 Å². The van der Waals surface area contributed by atoms with Gasteiger partial charge >= 0.3 is 5.24 Å². The average Bonchev–Trinajstić information content (AvgIpc) is 1.85. The molecule has 0 aliphatic heterocycles. The second-order valence-electron chi connectivity index (χ2n) is 1.32. The lowest BCUT2D eigenvalue weighted by Crippen LogP contribution is -1.82. The number of rotatable bonds is 2. The predicted octanol–water partition coefficient (Wildman–Crippen LogP) is 1.59. The molecule has 9 heavy (non-hydrogen) atoms. The van der Waals surface area contributed by atoms with Gasteiger partial charge in [0.1, 0.15) is 0 Å². The Bertz CT molecular complexity index is 140. The van der Waals surface area contributed by atoms with Crippen molar-refractivity contribution in [2.45, 2.75) is 13.3 Å². The minimum atomic E-state index is -0.452. The zero-order valence-corrected chi connectivity index (χ0v) is 5.90. The van der Waals surface area contributed by atoms with Gasteiger partial charge in [-0.3, -0.25) is 4.79 Å². The molecule has 0 aromatic rings. The van der Waals surface area contributed by atoms with Gasteiger partial charge in [-0.15, -0.1) is 4.99 Å².